The van der Waals surface area contributed by atoms with Crippen molar-refractivity contribution < 1.29 is 42.1 Å². The van der Waals surface area contributed by atoms with Gasteiger partial charge in [-0.25, -0.2) is 0 Å². The molecule has 3 aromatic heterocycles. The van der Waals surface area contributed by atoms with Crippen molar-refractivity contribution in [2.24, 2.45) is 0 Å². The van der Waals surface area contributed by atoms with Crippen LogP contribution in [0.25, 0.3) is 22.6 Å². The SMILES string of the molecule is CC(C)(C)c1ccnc(-c2cc(C(F)(F)F)[nH]n2)c1.Cc1ccnc(-c2[c-]cc(F)cc2F)c1.[Ir]. The van der Waals surface area contributed by atoms with Gasteiger partial charge in [-0.3, -0.25) is 18.9 Å². The van der Waals surface area contributed by atoms with Gasteiger partial charge in [0.15, 0.2) is 0 Å². The number of aryl methyl sites for hydroxylation is 1. The summed E-state index contributed by atoms with van der Waals surface area (Å²) in [6.07, 6.45) is -1.26. The fraction of sp³-hybridized carbons (Fsp3) is 0.240. The minimum Gasteiger partial charge on any atom is -0.305 e. The van der Waals surface area contributed by atoms with Gasteiger partial charge >= 0.3 is 6.18 Å². The first-order valence-corrected chi connectivity index (χ1v) is 10.2. The van der Waals surface area contributed by atoms with Crippen molar-refractivity contribution in [2.45, 2.75) is 39.3 Å². The van der Waals surface area contributed by atoms with E-state index < -0.39 is 23.5 Å². The Morgan fingerprint density at radius 2 is 1.51 bits per heavy atom. The fourth-order valence-corrected chi connectivity index (χ4v) is 2.95. The van der Waals surface area contributed by atoms with Gasteiger partial charge in [0.1, 0.15) is 11.4 Å². The number of hydrogen-bond acceptors (Lipinski definition) is 3. The predicted molar refractivity (Wildman–Crippen MR) is 119 cm³/mol. The van der Waals surface area contributed by atoms with Gasteiger partial charge in [-0.15, -0.1) is 12.1 Å². The zero-order valence-corrected chi connectivity index (χ0v) is 21.7. The van der Waals surface area contributed by atoms with Crippen LogP contribution >= 0.6 is 0 Å². The molecule has 35 heavy (non-hydrogen) atoms. The summed E-state index contributed by atoms with van der Waals surface area (Å²) in [5.74, 6) is -1.28. The maximum atomic E-state index is 13.4. The van der Waals surface area contributed by atoms with E-state index in [0.717, 1.165) is 29.3 Å². The number of pyridine rings is 2. The molecule has 10 heteroatoms. The Kier molecular flexibility index (Phi) is 9.03. The van der Waals surface area contributed by atoms with Crippen molar-refractivity contribution >= 4 is 0 Å². The summed E-state index contributed by atoms with van der Waals surface area (Å²) in [7, 11) is 0. The molecule has 1 N–H and O–H groups in total. The number of aromatic amines is 1. The Hall–Kier alpha value is -2.97. The average Bonchev–Trinajstić information content (AvgIpc) is 3.25. The zero-order valence-electron chi connectivity index (χ0n) is 19.3. The van der Waals surface area contributed by atoms with E-state index >= 15 is 0 Å². The summed E-state index contributed by atoms with van der Waals surface area (Å²) >= 11 is 0. The predicted octanol–water partition coefficient (Wildman–Crippen LogP) is 6.92. The summed E-state index contributed by atoms with van der Waals surface area (Å²) in [5, 5.41) is 5.66. The Morgan fingerprint density at radius 3 is 2.09 bits per heavy atom. The molecule has 1 aromatic carbocycles. The number of aromatic nitrogens is 4. The van der Waals surface area contributed by atoms with E-state index in [1.165, 1.54) is 0 Å². The molecule has 0 atom stereocenters. The first kappa shape index (κ1) is 28.3. The van der Waals surface area contributed by atoms with Gasteiger partial charge < -0.3 is 4.98 Å². The second kappa shape index (κ2) is 11.2. The van der Waals surface area contributed by atoms with Crippen LogP contribution in [0.2, 0.25) is 0 Å². The first-order valence-electron chi connectivity index (χ1n) is 10.2. The van der Waals surface area contributed by atoms with Crippen LogP contribution in [0.3, 0.4) is 0 Å². The molecule has 4 aromatic rings. The topological polar surface area (TPSA) is 54.5 Å². The first-order chi connectivity index (χ1) is 15.8. The molecule has 0 amide bonds. The number of alkyl halides is 3. The molecular formula is C25H22F5IrN4-. The van der Waals surface area contributed by atoms with Gasteiger partial charge in [0, 0.05) is 44.1 Å². The fourth-order valence-electron chi connectivity index (χ4n) is 2.95. The quantitative estimate of drug-likeness (QED) is 0.187. The summed E-state index contributed by atoms with van der Waals surface area (Å²) in [5.41, 5.74) is 2.28. The second-order valence-corrected chi connectivity index (χ2v) is 8.60. The van der Waals surface area contributed by atoms with Crippen LogP contribution in [0, 0.1) is 24.6 Å². The normalized spacial score (nSPS) is 11.3. The molecule has 0 unspecified atom stereocenters. The van der Waals surface area contributed by atoms with Crippen LogP contribution in [0.1, 0.15) is 37.6 Å². The summed E-state index contributed by atoms with van der Waals surface area (Å²) in [6.45, 7) is 7.96. The van der Waals surface area contributed by atoms with E-state index in [0.29, 0.717) is 11.4 Å². The average molecular weight is 666 g/mol. The molecule has 0 saturated heterocycles. The Morgan fingerprint density at radius 1 is 0.857 bits per heavy atom. The third-order valence-electron chi connectivity index (χ3n) is 4.80. The molecule has 0 bridgehead atoms. The minimum atomic E-state index is -4.42. The van der Waals surface area contributed by atoms with E-state index in [9.17, 15) is 22.0 Å². The van der Waals surface area contributed by atoms with Gasteiger partial charge in [-0.1, -0.05) is 44.0 Å². The summed E-state index contributed by atoms with van der Waals surface area (Å²) in [4.78, 5) is 8.08. The minimum absolute atomic E-state index is 0. The number of H-pyrrole nitrogens is 1. The van der Waals surface area contributed by atoms with E-state index in [1.54, 1.807) is 24.5 Å². The maximum absolute atomic E-state index is 13.4. The molecule has 4 nitrogen and oxygen atoms in total. The van der Waals surface area contributed by atoms with Gasteiger partial charge in [-0.05, 0) is 47.9 Å². The Balaban J connectivity index is 0.000000246. The van der Waals surface area contributed by atoms with Gasteiger partial charge in [0.05, 0.1) is 5.69 Å². The molecule has 0 aliphatic carbocycles. The van der Waals surface area contributed by atoms with Crippen molar-refractivity contribution in [3.05, 3.63) is 89.4 Å². The molecule has 0 spiro atoms. The van der Waals surface area contributed by atoms with Crippen molar-refractivity contribution in [3.8, 4) is 22.6 Å². The molecular weight excluding hydrogens is 644 g/mol. The van der Waals surface area contributed by atoms with E-state index in [1.807, 2.05) is 44.9 Å². The van der Waals surface area contributed by atoms with Crippen LogP contribution in [-0.2, 0) is 31.7 Å². The summed E-state index contributed by atoms with van der Waals surface area (Å²) in [6, 6.07) is 12.6. The van der Waals surface area contributed by atoms with Crippen LogP contribution in [0.5, 0.6) is 0 Å². The van der Waals surface area contributed by atoms with Crippen molar-refractivity contribution in [1.82, 2.24) is 20.2 Å². The van der Waals surface area contributed by atoms with Crippen LogP contribution in [0.4, 0.5) is 22.0 Å². The summed E-state index contributed by atoms with van der Waals surface area (Å²) < 4.78 is 63.5. The molecule has 1 radical (unpaired) electrons. The monoisotopic (exact) mass is 666 g/mol. The molecule has 187 valence electrons. The van der Waals surface area contributed by atoms with Crippen molar-refractivity contribution in [2.75, 3.05) is 0 Å². The molecule has 0 aliphatic heterocycles. The Labute approximate surface area is 213 Å². The molecule has 4 rings (SSSR count). The smallest absolute Gasteiger partial charge is 0.305 e. The van der Waals surface area contributed by atoms with Gasteiger partial charge in [0.25, 0.3) is 0 Å². The number of hydrogen-bond donors (Lipinski definition) is 1. The number of nitrogens with zero attached hydrogens (tertiary/aromatic N) is 3. The number of nitrogens with one attached hydrogen (secondary N) is 1. The Bertz CT molecular complexity index is 1280. The van der Waals surface area contributed by atoms with Crippen LogP contribution < -0.4 is 0 Å². The van der Waals surface area contributed by atoms with E-state index in [-0.39, 0.29) is 36.8 Å². The maximum Gasteiger partial charge on any atom is 0.432 e. The second-order valence-electron chi connectivity index (χ2n) is 8.60. The van der Waals surface area contributed by atoms with Crippen molar-refractivity contribution in [1.29, 1.82) is 0 Å². The zero-order chi connectivity index (χ0) is 25.1. The van der Waals surface area contributed by atoms with Crippen molar-refractivity contribution in [3.63, 3.8) is 0 Å². The van der Waals surface area contributed by atoms with Gasteiger partial charge in [0.2, 0.25) is 0 Å². The van der Waals surface area contributed by atoms with Crippen LogP contribution in [-0.4, -0.2) is 20.2 Å². The van der Waals surface area contributed by atoms with Gasteiger partial charge in [-0.2, -0.15) is 18.3 Å². The largest absolute Gasteiger partial charge is 0.432 e. The van der Waals surface area contributed by atoms with E-state index in [4.69, 9.17) is 0 Å². The molecule has 3 heterocycles. The third-order valence-corrected chi connectivity index (χ3v) is 4.80. The number of rotatable bonds is 2. The molecule has 0 saturated carbocycles. The number of benzene rings is 1. The third kappa shape index (κ3) is 7.50. The number of halogens is 5. The molecule has 0 aliphatic rings. The standard InChI is InChI=1S/C13H14F3N3.C12H8F2N.Ir/c1-12(2,3)8-4-5-17-9(6-8)10-7-11(19-18-10)13(14,15)16;1-8-4-5-15-12(6-8)10-3-2-9(13)7-11(10)14;/h4-7H,1-3H3,(H,18,19);2,4-7H,1H3;/q;-1;. The van der Waals surface area contributed by atoms with Crippen LogP contribution in [0.15, 0.2) is 54.9 Å². The van der Waals surface area contributed by atoms with E-state index in [2.05, 4.69) is 21.1 Å². The molecule has 0 fully saturated rings.